The number of hydrogen-bond acceptors (Lipinski definition) is 3. The van der Waals surface area contributed by atoms with E-state index in [2.05, 4.69) is 29.0 Å². The summed E-state index contributed by atoms with van der Waals surface area (Å²) < 4.78 is 0. The molecule has 1 aliphatic carbocycles. The quantitative estimate of drug-likeness (QED) is 0.665. The van der Waals surface area contributed by atoms with E-state index in [4.69, 9.17) is 0 Å². The first-order chi connectivity index (χ1) is 8.79. The molecule has 1 unspecified atom stereocenters. The van der Waals surface area contributed by atoms with Gasteiger partial charge in [-0.1, -0.05) is 13.3 Å². The van der Waals surface area contributed by atoms with Crippen LogP contribution in [-0.4, -0.2) is 61.7 Å². The number of nitrogens with one attached hydrogen (secondary N) is 1. The number of nitrogens with zero attached hydrogens (tertiary/aromatic N) is 2. The fourth-order valence-corrected chi connectivity index (χ4v) is 2.79. The normalized spacial score (nSPS) is 24.3. The second-order valence-corrected chi connectivity index (χ2v) is 6.19. The highest BCUT2D eigenvalue weighted by molar-refractivity contribution is 4.82. The second kappa shape index (κ2) is 7.46. The molecule has 0 spiro atoms. The average molecular weight is 253 g/mol. The summed E-state index contributed by atoms with van der Waals surface area (Å²) >= 11 is 0. The summed E-state index contributed by atoms with van der Waals surface area (Å²) in [6.45, 7) is 13.4. The van der Waals surface area contributed by atoms with Crippen molar-refractivity contribution in [2.45, 2.75) is 45.6 Å². The van der Waals surface area contributed by atoms with Crippen molar-refractivity contribution in [1.82, 2.24) is 15.1 Å². The zero-order valence-electron chi connectivity index (χ0n) is 12.3. The van der Waals surface area contributed by atoms with Crippen LogP contribution in [0, 0.1) is 5.92 Å². The summed E-state index contributed by atoms with van der Waals surface area (Å²) in [5.74, 6) is 1.05. The largest absolute Gasteiger partial charge is 0.315 e. The summed E-state index contributed by atoms with van der Waals surface area (Å²) in [6.07, 6.45) is 5.57. The molecular formula is C15H31N3. The van der Waals surface area contributed by atoms with Gasteiger partial charge < -0.3 is 10.2 Å². The Bertz CT molecular complexity index is 220. The van der Waals surface area contributed by atoms with Crippen LogP contribution >= 0.6 is 0 Å². The van der Waals surface area contributed by atoms with E-state index in [1.54, 1.807) is 0 Å². The van der Waals surface area contributed by atoms with Gasteiger partial charge in [0.1, 0.15) is 0 Å². The molecule has 0 aromatic carbocycles. The summed E-state index contributed by atoms with van der Waals surface area (Å²) in [5.41, 5.74) is 0. The average Bonchev–Trinajstić information content (AvgIpc) is 3.19. The van der Waals surface area contributed by atoms with E-state index in [-0.39, 0.29) is 0 Å². The van der Waals surface area contributed by atoms with Gasteiger partial charge in [-0.2, -0.15) is 0 Å². The molecule has 0 bridgehead atoms. The first kappa shape index (κ1) is 14.3. The third kappa shape index (κ3) is 4.87. The van der Waals surface area contributed by atoms with Crippen molar-refractivity contribution >= 4 is 0 Å². The van der Waals surface area contributed by atoms with Crippen LogP contribution in [0.1, 0.15) is 39.5 Å². The molecule has 0 aromatic rings. The second-order valence-electron chi connectivity index (χ2n) is 6.19. The van der Waals surface area contributed by atoms with Crippen LogP contribution in [0.4, 0.5) is 0 Å². The predicted molar refractivity (Wildman–Crippen MR) is 78.0 cm³/mol. The van der Waals surface area contributed by atoms with Crippen molar-refractivity contribution in [2.24, 2.45) is 5.92 Å². The minimum atomic E-state index is 0.699. The molecule has 0 aromatic heterocycles. The Kier molecular flexibility index (Phi) is 5.93. The standard InChI is InChI=1S/C15H31N3/c1-3-4-7-16-12-14(2)18-10-8-17(9-11-18)13-15-5-6-15/h14-16H,3-13H2,1-2H3. The molecule has 18 heavy (non-hydrogen) atoms. The lowest BCUT2D eigenvalue weighted by molar-refractivity contribution is 0.0987. The first-order valence-corrected chi connectivity index (χ1v) is 7.96. The first-order valence-electron chi connectivity index (χ1n) is 7.96. The van der Waals surface area contributed by atoms with E-state index in [0.717, 1.165) is 12.5 Å². The molecule has 3 nitrogen and oxygen atoms in total. The lowest BCUT2D eigenvalue weighted by Gasteiger charge is -2.38. The van der Waals surface area contributed by atoms with Crippen LogP contribution in [0.5, 0.6) is 0 Å². The molecular weight excluding hydrogens is 222 g/mol. The van der Waals surface area contributed by atoms with Crippen LogP contribution in [0.15, 0.2) is 0 Å². The Morgan fingerprint density at radius 3 is 2.50 bits per heavy atom. The van der Waals surface area contributed by atoms with Gasteiger partial charge in [0.15, 0.2) is 0 Å². The minimum Gasteiger partial charge on any atom is -0.315 e. The van der Waals surface area contributed by atoms with Crippen molar-refractivity contribution in [3.8, 4) is 0 Å². The van der Waals surface area contributed by atoms with Crippen molar-refractivity contribution in [1.29, 1.82) is 0 Å². The zero-order valence-corrected chi connectivity index (χ0v) is 12.3. The van der Waals surface area contributed by atoms with Gasteiger partial charge >= 0.3 is 0 Å². The molecule has 1 saturated heterocycles. The Hall–Kier alpha value is -0.120. The molecule has 0 radical (unpaired) electrons. The highest BCUT2D eigenvalue weighted by Gasteiger charge is 2.27. The van der Waals surface area contributed by atoms with E-state index >= 15 is 0 Å². The Labute approximate surface area is 113 Å². The number of rotatable bonds is 8. The molecule has 2 rings (SSSR count). The van der Waals surface area contributed by atoms with Gasteiger partial charge in [0.2, 0.25) is 0 Å². The van der Waals surface area contributed by atoms with Gasteiger partial charge in [-0.3, -0.25) is 4.90 Å². The van der Waals surface area contributed by atoms with E-state index in [0.29, 0.717) is 6.04 Å². The Morgan fingerprint density at radius 2 is 1.89 bits per heavy atom. The highest BCUT2D eigenvalue weighted by Crippen LogP contribution is 2.29. The van der Waals surface area contributed by atoms with Crippen molar-refractivity contribution in [2.75, 3.05) is 45.8 Å². The van der Waals surface area contributed by atoms with Gasteiger partial charge in [0, 0.05) is 45.3 Å². The zero-order chi connectivity index (χ0) is 12.8. The Morgan fingerprint density at radius 1 is 1.17 bits per heavy atom. The van der Waals surface area contributed by atoms with Crippen LogP contribution in [0.3, 0.4) is 0 Å². The molecule has 1 N–H and O–H groups in total. The molecule has 1 aliphatic heterocycles. The molecule has 2 aliphatic rings. The molecule has 106 valence electrons. The van der Waals surface area contributed by atoms with Gasteiger partial charge in [0.25, 0.3) is 0 Å². The third-order valence-corrected chi connectivity index (χ3v) is 4.39. The van der Waals surface area contributed by atoms with Crippen LogP contribution in [0.2, 0.25) is 0 Å². The summed E-state index contributed by atoms with van der Waals surface area (Å²) in [6, 6.07) is 0.699. The fraction of sp³-hybridized carbons (Fsp3) is 1.00. The monoisotopic (exact) mass is 253 g/mol. The summed E-state index contributed by atoms with van der Waals surface area (Å²) in [4.78, 5) is 5.33. The maximum absolute atomic E-state index is 3.58. The van der Waals surface area contributed by atoms with Crippen LogP contribution < -0.4 is 5.32 Å². The topological polar surface area (TPSA) is 18.5 Å². The number of piperazine rings is 1. The highest BCUT2D eigenvalue weighted by atomic mass is 15.3. The van der Waals surface area contributed by atoms with Crippen LogP contribution in [-0.2, 0) is 0 Å². The number of unbranched alkanes of at least 4 members (excludes halogenated alkanes) is 1. The third-order valence-electron chi connectivity index (χ3n) is 4.39. The van der Waals surface area contributed by atoms with E-state index in [9.17, 15) is 0 Å². The van der Waals surface area contributed by atoms with E-state index in [1.165, 1.54) is 65.0 Å². The van der Waals surface area contributed by atoms with E-state index < -0.39 is 0 Å². The van der Waals surface area contributed by atoms with Crippen molar-refractivity contribution < 1.29 is 0 Å². The summed E-state index contributed by atoms with van der Waals surface area (Å²) in [7, 11) is 0. The van der Waals surface area contributed by atoms with Crippen molar-refractivity contribution in [3.63, 3.8) is 0 Å². The summed E-state index contributed by atoms with van der Waals surface area (Å²) in [5, 5.41) is 3.58. The predicted octanol–water partition coefficient (Wildman–Crippen LogP) is 1.79. The molecule has 1 heterocycles. The van der Waals surface area contributed by atoms with Gasteiger partial charge in [-0.25, -0.2) is 0 Å². The Balaban J connectivity index is 1.56. The van der Waals surface area contributed by atoms with Gasteiger partial charge in [-0.05, 0) is 38.6 Å². The van der Waals surface area contributed by atoms with Gasteiger partial charge in [0.05, 0.1) is 0 Å². The van der Waals surface area contributed by atoms with Crippen LogP contribution in [0.25, 0.3) is 0 Å². The molecule has 1 saturated carbocycles. The molecule has 0 amide bonds. The molecule has 2 fully saturated rings. The van der Waals surface area contributed by atoms with E-state index in [1.807, 2.05) is 0 Å². The maximum Gasteiger partial charge on any atom is 0.0193 e. The smallest absolute Gasteiger partial charge is 0.0193 e. The van der Waals surface area contributed by atoms with Crippen molar-refractivity contribution in [3.05, 3.63) is 0 Å². The SMILES string of the molecule is CCCCNCC(C)N1CCN(CC2CC2)CC1. The lowest BCUT2D eigenvalue weighted by atomic mass is 10.2. The fourth-order valence-electron chi connectivity index (χ4n) is 2.79. The maximum atomic E-state index is 3.58. The molecule has 3 heteroatoms. The van der Waals surface area contributed by atoms with Gasteiger partial charge in [-0.15, -0.1) is 0 Å². The lowest BCUT2D eigenvalue weighted by Crippen LogP contribution is -2.52. The minimum absolute atomic E-state index is 0.699. The number of hydrogen-bond donors (Lipinski definition) is 1. The molecule has 1 atom stereocenters.